The van der Waals surface area contributed by atoms with Crippen LogP contribution in [-0.2, 0) is 17.1 Å². The van der Waals surface area contributed by atoms with Crippen LogP contribution in [0.1, 0.15) is 0 Å². The van der Waals surface area contributed by atoms with Crippen LogP contribution in [0.15, 0.2) is 0 Å². The molecular formula is H2K2MnO2. The van der Waals surface area contributed by atoms with Gasteiger partial charge in [-0.25, -0.2) is 0 Å². The number of hydrogen-bond donors (Lipinski definition) is 0. The first-order valence-corrected chi connectivity index (χ1v) is 0. The van der Waals surface area contributed by atoms with Gasteiger partial charge in [-0.1, -0.05) is 0 Å². The van der Waals surface area contributed by atoms with E-state index in [4.69, 9.17) is 0 Å². The van der Waals surface area contributed by atoms with Crippen LogP contribution in [0.2, 0.25) is 0 Å². The van der Waals surface area contributed by atoms with Crippen molar-refractivity contribution in [3.8, 4) is 0 Å². The minimum atomic E-state index is 0. The summed E-state index contributed by atoms with van der Waals surface area (Å²) in [7, 11) is 0. The molecule has 1 radical (unpaired) electrons. The summed E-state index contributed by atoms with van der Waals surface area (Å²) < 4.78 is 0. The SMILES string of the molecule is [K+].[K+].[Mn].[OH-].[OH-]. The molecule has 0 fully saturated rings. The first-order valence-electron chi connectivity index (χ1n) is 0. The van der Waals surface area contributed by atoms with E-state index in [1.54, 1.807) is 0 Å². The van der Waals surface area contributed by atoms with E-state index in [1.807, 2.05) is 0 Å². The molecule has 0 saturated carbocycles. The molecule has 5 heteroatoms. The third kappa shape index (κ3) is 18.3. The van der Waals surface area contributed by atoms with Gasteiger partial charge in [0.25, 0.3) is 0 Å². The van der Waals surface area contributed by atoms with Crippen LogP contribution in [0.5, 0.6) is 0 Å². The maximum absolute atomic E-state index is 0. The quantitative estimate of drug-likeness (QED) is 0.337. The Balaban J connectivity index is 0. The zero-order valence-corrected chi connectivity index (χ0v) is 10.7. The summed E-state index contributed by atoms with van der Waals surface area (Å²) >= 11 is 0. The molecule has 0 rings (SSSR count). The fourth-order valence-corrected chi connectivity index (χ4v) is 0. The average molecular weight is 167 g/mol. The zero-order chi connectivity index (χ0) is 0. The second-order valence-electron chi connectivity index (χ2n) is 0. The standard InChI is InChI=1S/2K.Mn.2H2O/h;;;2*1H2/q2*+1;;;/p-2. The summed E-state index contributed by atoms with van der Waals surface area (Å²) in [5.41, 5.74) is 0. The average Bonchev–Trinajstić information content (AvgIpc) is 0. The predicted octanol–water partition coefficient (Wildman–Crippen LogP) is -6.35. The predicted molar refractivity (Wildman–Crippen MR) is 3.87 cm³/mol. The van der Waals surface area contributed by atoms with Gasteiger partial charge in [-0.15, -0.1) is 0 Å². The Hall–Kier alpha value is 3.71. The first kappa shape index (κ1) is 37.6. The Labute approximate surface area is 127 Å². The van der Waals surface area contributed by atoms with Gasteiger partial charge in [-0.2, -0.15) is 0 Å². The van der Waals surface area contributed by atoms with Crippen LogP contribution in [0.4, 0.5) is 0 Å². The molecule has 23 valence electrons. The molecule has 0 aliphatic heterocycles. The molecular weight excluding hydrogens is 165 g/mol. The Morgan fingerprint density at radius 2 is 0.600 bits per heavy atom. The minimum Gasteiger partial charge on any atom is -0.870 e. The number of hydrogen-bond acceptors (Lipinski definition) is 2. The molecule has 0 aromatic rings. The van der Waals surface area contributed by atoms with Crippen LogP contribution in [0.25, 0.3) is 0 Å². The van der Waals surface area contributed by atoms with Gasteiger partial charge in [0.1, 0.15) is 0 Å². The van der Waals surface area contributed by atoms with Crippen LogP contribution >= 0.6 is 0 Å². The van der Waals surface area contributed by atoms with Crippen molar-refractivity contribution in [3.05, 3.63) is 0 Å². The Morgan fingerprint density at radius 1 is 0.600 bits per heavy atom. The van der Waals surface area contributed by atoms with Gasteiger partial charge >= 0.3 is 103 Å². The van der Waals surface area contributed by atoms with Gasteiger partial charge in [-0.05, 0) is 0 Å². The molecule has 0 amide bonds. The van der Waals surface area contributed by atoms with E-state index in [0.29, 0.717) is 0 Å². The van der Waals surface area contributed by atoms with E-state index in [0.717, 1.165) is 0 Å². The van der Waals surface area contributed by atoms with Crippen LogP contribution in [0, 0.1) is 0 Å². The van der Waals surface area contributed by atoms with Crippen molar-refractivity contribution in [1.29, 1.82) is 0 Å². The molecule has 0 spiro atoms. The molecule has 0 atom stereocenters. The topological polar surface area (TPSA) is 60.0 Å². The van der Waals surface area contributed by atoms with Gasteiger partial charge in [0.05, 0.1) is 0 Å². The van der Waals surface area contributed by atoms with E-state index in [2.05, 4.69) is 0 Å². The van der Waals surface area contributed by atoms with Crippen LogP contribution in [0.3, 0.4) is 0 Å². The van der Waals surface area contributed by atoms with Gasteiger partial charge in [0.15, 0.2) is 0 Å². The van der Waals surface area contributed by atoms with E-state index >= 15 is 0 Å². The summed E-state index contributed by atoms with van der Waals surface area (Å²) in [6.45, 7) is 0. The van der Waals surface area contributed by atoms with E-state index in [-0.39, 0.29) is 131 Å². The largest absolute Gasteiger partial charge is 1.00 e. The molecule has 0 aliphatic carbocycles. The first-order chi connectivity index (χ1) is 0. The Bertz CT molecular complexity index is 7.61. The molecule has 0 aromatic heterocycles. The second kappa shape index (κ2) is 25.2. The monoisotopic (exact) mass is 167 g/mol. The molecule has 0 aliphatic rings. The third-order valence-corrected chi connectivity index (χ3v) is 0. The van der Waals surface area contributed by atoms with Crippen molar-refractivity contribution in [2.45, 2.75) is 0 Å². The summed E-state index contributed by atoms with van der Waals surface area (Å²) in [5.74, 6) is 0. The van der Waals surface area contributed by atoms with Crippen molar-refractivity contribution in [1.82, 2.24) is 0 Å². The second-order valence-corrected chi connectivity index (χ2v) is 0. The Morgan fingerprint density at radius 3 is 0.600 bits per heavy atom. The van der Waals surface area contributed by atoms with E-state index < -0.39 is 0 Å². The molecule has 0 heterocycles. The minimum absolute atomic E-state index is 0. The molecule has 0 bridgehead atoms. The van der Waals surface area contributed by atoms with Crippen molar-refractivity contribution >= 4 is 0 Å². The Kier molecular flexibility index (Phi) is 190. The fourth-order valence-electron chi connectivity index (χ4n) is 0. The van der Waals surface area contributed by atoms with E-state index in [9.17, 15) is 0 Å². The maximum Gasteiger partial charge on any atom is 1.00 e. The summed E-state index contributed by atoms with van der Waals surface area (Å²) in [4.78, 5) is 0. The summed E-state index contributed by atoms with van der Waals surface area (Å²) in [6, 6.07) is 0. The maximum atomic E-state index is 0. The molecule has 5 heavy (non-hydrogen) atoms. The summed E-state index contributed by atoms with van der Waals surface area (Å²) in [5, 5.41) is 0. The zero-order valence-electron chi connectivity index (χ0n) is 3.27. The van der Waals surface area contributed by atoms with Gasteiger partial charge in [0, 0.05) is 17.1 Å². The van der Waals surface area contributed by atoms with Crippen molar-refractivity contribution < 1.29 is 131 Å². The molecule has 0 saturated heterocycles. The van der Waals surface area contributed by atoms with Crippen molar-refractivity contribution in [2.24, 2.45) is 0 Å². The number of rotatable bonds is 0. The normalized spacial score (nSPS) is 0. The van der Waals surface area contributed by atoms with Gasteiger partial charge < -0.3 is 11.0 Å². The van der Waals surface area contributed by atoms with Crippen LogP contribution < -0.4 is 103 Å². The van der Waals surface area contributed by atoms with Gasteiger partial charge in [0.2, 0.25) is 0 Å². The molecule has 2 nitrogen and oxygen atoms in total. The fraction of sp³-hybridized carbons (Fsp3) is 0. The molecule has 0 aromatic carbocycles. The van der Waals surface area contributed by atoms with Gasteiger partial charge in [-0.3, -0.25) is 0 Å². The van der Waals surface area contributed by atoms with Crippen molar-refractivity contribution in [3.63, 3.8) is 0 Å². The van der Waals surface area contributed by atoms with E-state index in [1.165, 1.54) is 0 Å². The third-order valence-electron chi connectivity index (χ3n) is 0. The smallest absolute Gasteiger partial charge is 0.870 e. The van der Waals surface area contributed by atoms with Crippen molar-refractivity contribution in [2.75, 3.05) is 0 Å². The summed E-state index contributed by atoms with van der Waals surface area (Å²) in [6.07, 6.45) is 0. The van der Waals surface area contributed by atoms with Crippen LogP contribution in [-0.4, -0.2) is 11.0 Å². The molecule has 0 unspecified atom stereocenters. The molecule has 2 N–H and O–H groups in total.